The third kappa shape index (κ3) is 3.09. The number of nitrogens with zero attached hydrogens (tertiary/aromatic N) is 1. The highest BCUT2D eigenvalue weighted by Crippen LogP contribution is 2.37. The van der Waals surface area contributed by atoms with Crippen molar-refractivity contribution in [3.63, 3.8) is 0 Å². The van der Waals surface area contributed by atoms with Gasteiger partial charge in [-0.1, -0.05) is 30.3 Å². The van der Waals surface area contributed by atoms with Crippen molar-refractivity contribution in [1.29, 1.82) is 0 Å². The molecule has 0 aliphatic heterocycles. The zero-order valence-corrected chi connectivity index (χ0v) is 15.9. The van der Waals surface area contributed by atoms with Crippen molar-refractivity contribution in [3.05, 3.63) is 77.2 Å². The molecule has 0 amide bonds. The highest BCUT2D eigenvalue weighted by atomic mass is 32.2. The summed E-state index contributed by atoms with van der Waals surface area (Å²) in [5, 5.41) is 3.12. The summed E-state index contributed by atoms with van der Waals surface area (Å²) in [4.78, 5) is -0.0435. The first kappa shape index (κ1) is 17.9. The fourth-order valence-corrected chi connectivity index (χ4v) is 5.28. The van der Waals surface area contributed by atoms with E-state index in [0.29, 0.717) is 12.2 Å². The van der Waals surface area contributed by atoms with Gasteiger partial charge in [0.1, 0.15) is 5.82 Å². The second kappa shape index (κ2) is 6.94. The molecule has 0 saturated carbocycles. The molecule has 1 N–H and O–H groups in total. The molecule has 1 aromatic heterocycles. The van der Waals surface area contributed by atoms with Crippen molar-refractivity contribution in [3.8, 4) is 11.3 Å². The van der Waals surface area contributed by atoms with Gasteiger partial charge in [0.2, 0.25) is 0 Å². The van der Waals surface area contributed by atoms with Crippen LogP contribution >= 0.6 is 0 Å². The standard InChI is InChI=1S/C21H21FN2O2S/c1-23-13-16-14-24(27(25,26)18-9-5-8-17(22)12-18)21-19-10-3-2-6-15(19)7-4-11-20(16)21/h2-3,5-6,8-10,12,14,23H,4,7,11,13H2,1H3. The van der Waals surface area contributed by atoms with Gasteiger partial charge in [0.05, 0.1) is 10.6 Å². The molecule has 1 heterocycles. The van der Waals surface area contributed by atoms with Crippen LogP contribution < -0.4 is 5.32 Å². The number of rotatable bonds is 4. The molecule has 0 radical (unpaired) electrons. The number of benzene rings is 2. The minimum atomic E-state index is -3.91. The predicted octanol–water partition coefficient (Wildman–Crippen LogP) is 3.74. The van der Waals surface area contributed by atoms with Crippen molar-refractivity contribution in [2.75, 3.05) is 7.05 Å². The second-order valence-corrected chi connectivity index (χ2v) is 8.60. The van der Waals surface area contributed by atoms with Crippen LogP contribution in [-0.2, 0) is 29.4 Å². The summed E-state index contributed by atoms with van der Waals surface area (Å²) >= 11 is 0. The Balaban J connectivity index is 2.01. The van der Waals surface area contributed by atoms with Crippen LogP contribution in [0.3, 0.4) is 0 Å². The largest absolute Gasteiger partial charge is 0.316 e. The van der Waals surface area contributed by atoms with Crippen molar-refractivity contribution < 1.29 is 12.8 Å². The summed E-state index contributed by atoms with van der Waals surface area (Å²) in [6.07, 6.45) is 4.37. The van der Waals surface area contributed by atoms with E-state index in [1.54, 1.807) is 6.20 Å². The Hall–Kier alpha value is -2.44. The number of nitrogens with one attached hydrogen (secondary N) is 1. The molecule has 2 aromatic carbocycles. The van der Waals surface area contributed by atoms with E-state index in [2.05, 4.69) is 5.32 Å². The van der Waals surface area contributed by atoms with E-state index >= 15 is 0 Å². The van der Waals surface area contributed by atoms with E-state index in [1.807, 2.05) is 31.3 Å². The van der Waals surface area contributed by atoms with Crippen LogP contribution in [0.15, 0.2) is 59.6 Å². The summed E-state index contributed by atoms with van der Waals surface area (Å²) in [6, 6.07) is 13.1. The normalized spacial score (nSPS) is 13.7. The lowest BCUT2D eigenvalue weighted by molar-refractivity contribution is 0.583. The smallest absolute Gasteiger partial charge is 0.268 e. The van der Waals surface area contributed by atoms with E-state index < -0.39 is 15.8 Å². The second-order valence-electron chi connectivity index (χ2n) is 6.78. The van der Waals surface area contributed by atoms with Crippen LogP contribution in [0.4, 0.5) is 4.39 Å². The number of hydrogen-bond acceptors (Lipinski definition) is 3. The molecule has 1 aliphatic carbocycles. The Kier molecular flexibility index (Phi) is 4.61. The Morgan fingerprint density at radius 3 is 2.70 bits per heavy atom. The van der Waals surface area contributed by atoms with Crippen molar-refractivity contribution in [2.24, 2.45) is 0 Å². The molecule has 140 valence electrons. The van der Waals surface area contributed by atoms with Crippen LogP contribution in [0.2, 0.25) is 0 Å². The Morgan fingerprint density at radius 2 is 1.93 bits per heavy atom. The molecule has 0 saturated heterocycles. The minimum Gasteiger partial charge on any atom is -0.316 e. The number of fused-ring (bicyclic) bond motifs is 3. The fourth-order valence-electron chi connectivity index (χ4n) is 3.83. The van der Waals surface area contributed by atoms with Gasteiger partial charge < -0.3 is 5.32 Å². The van der Waals surface area contributed by atoms with Gasteiger partial charge in [-0.3, -0.25) is 0 Å². The molecule has 0 unspecified atom stereocenters. The minimum absolute atomic E-state index is 0.0435. The van der Waals surface area contributed by atoms with Crippen LogP contribution in [0.25, 0.3) is 11.3 Å². The van der Waals surface area contributed by atoms with Crippen LogP contribution in [-0.4, -0.2) is 19.4 Å². The molecule has 3 aromatic rings. The van der Waals surface area contributed by atoms with Crippen LogP contribution in [0.5, 0.6) is 0 Å². The average Bonchev–Trinajstić information content (AvgIpc) is 2.90. The maximum Gasteiger partial charge on any atom is 0.268 e. The van der Waals surface area contributed by atoms with Gasteiger partial charge >= 0.3 is 0 Å². The van der Waals surface area contributed by atoms with Crippen molar-refractivity contribution in [1.82, 2.24) is 9.29 Å². The molecule has 0 spiro atoms. The third-order valence-corrected chi connectivity index (χ3v) is 6.69. The number of hydrogen-bond donors (Lipinski definition) is 1. The van der Waals surface area contributed by atoms with E-state index in [-0.39, 0.29) is 4.90 Å². The fraction of sp³-hybridized carbons (Fsp3) is 0.238. The summed E-state index contributed by atoms with van der Waals surface area (Å²) in [6.45, 7) is 0.580. The van der Waals surface area contributed by atoms with E-state index in [4.69, 9.17) is 0 Å². The van der Waals surface area contributed by atoms with Gasteiger partial charge in [0.15, 0.2) is 0 Å². The number of aryl methyl sites for hydroxylation is 1. The summed E-state index contributed by atoms with van der Waals surface area (Å²) < 4.78 is 41.8. The predicted molar refractivity (Wildman–Crippen MR) is 104 cm³/mol. The van der Waals surface area contributed by atoms with E-state index in [9.17, 15) is 12.8 Å². The Bertz CT molecular complexity index is 1100. The zero-order valence-electron chi connectivity index (χ0n) is 15.1. The van der Waals surface area contributed by atoms with Gasteiger partial charge in [0, 0.05) is 18.3 Å². The third-order valence-electron chi connectivity index (χ3n) is 5.03. The van der Waals surface area contributed by atoms with Gasteiger partial charge in [-0.05, 0) is 61.2 Å². The molecule has 4 nitrogen and oxygen atoms in total. The molecule has 0 atom stereocenters. The van der Waals surface area contributed by atoms with Gasteiger partial charge in [-0.15, -0.1) is 0 Å². The lowest BCUT2D eigenvalue weighted by Crippen LogP contribution is -2.14. The first-order chi connectivity index (χ1) is 13.0. The number of halogens is 1. The Labute approximate surface area is 158 Å². The average molecular weight is 384 g/mol. The molecule has 0 fully saturated rings. The lowest BCUT2D eigenvalue weighted by atomic mass is 10.0. The first-order valence-electron chi connectivity index (χ1n) is 8.99. The van der Waals surface area contributed by atoms with Gasteiger partial charge in [-0.25, -0.2) is 16.8 Å². The van der Waals surface area contributed by atoms with Crippen molar-refractivity contribution >= 4 is 10.0 Å². The molecular weight excluding hydrogens is 363 g/mol. The maximum atomic E-state index is 13.7. The van der Waals surface area contributed by atoms with Gasteiger partial charge in [-0.2, -0.15) is 0 Å². The summed E-state index contributed by atoms with van der Waals surface area (Å²) in [7, 11) is -2.07. The SMILES string of the molecule is CNCc1cn(S(=O)(=O)c2cccc(F)c2)c2c1CCCc1ccccc1-2. The summed E-state index contributed by atoms with van der Waals surface area (Å²) in [5.74, 6) is -0.565. The number of aromatic nitrogens is 1. The Morgan fingerprint density at radius 1 is 1.11 bits per heavy atom. The summed E-state index contributed by atoms with van der Waals surface area (Å²) in [5.41, 5.74) is 4.80. The molecule has 27 heavy (non-hydrogen) atoms. The maximum absolute atomic E-state index is 13.7. The quantitative estimate of drug-likeness (QED) is 0.746. The molecular formula is C21H21FN2O2S. The zero-order chi connectivity index (χ0) is 19.0. The van der Waals surface area contributed by atoms with Crippen molar-refractivity contribution in [2.45, 2.75) is 30.7 Å². The monoisotopic (exact) mass is 384 g/mol. The van der Waals surface area contributed by atoms with E-state index in [0.717, 1.165) is 47.6 Å². The van der Waals surface area contributed by atoms with Crippen LogP contribution in [0.1, 0.15) is 23.1 Å². The highest BCUT2D eigenvalue weighted by molar-refractivity contribution is 7.90. The topological polar surface area (TPSA) is 51.1 Å². The molecule has 1 aliphatic rings. The van der Waals surface area contributed by atoms with Gasteiger partial charge in [0.25, 0.3) is 10.0 Å². The first-order valence-corrected chi connectivity index (χ1v) is 10.4. The highest BCUT2D eigenvalue weighted by Gasteiger charge is 2.28. The lowest BCUT2D eigenvalue weighted by Gasteiger charge is -2.13. The molecule has 0 bridgehead atoms. The van der Waals surface area contributed by atoms with E-state index in [1.165, 1.54) is 22.2 Å². The molecule has 6 heteroatoms. The molecule has 4 rings (SSSR count). The van der Waals surface area contributed by atoms with Crippen LogP contribution in [0, 0.1) is 5.82 Å².